The number of hydrogen-bond donors (Lipinski definition) is 6. The Morgan fingerprint density at radius 2 is 2.00 bits per heavy atom. The van der Waals surface area contributed by atoms with Gasteiger partial charge in [-0.15, -0.1) is 0 Å². The fourth-order valence-corrected chi connectivity index (χ4v) is 2.96. The van der Waals surface area contributed by atoms with Crippen LogP contribution >= 0.6 is 0 Å². The molecule has 0 unspecified atom stereocenters. The number of nitrogens with two attached hydrogens (primary N) is 3. The number of fused-ring (bicyclic) bond motifs is 1. The van der Waals surface area contributed by atoms with Gasteiger partial charge in [-0.1, -0.05) is 18.2 Å². The summed E-state index contributed by atoms with van der Waals surface area (Å²) in [6.07, 6.45) is 2.88. The van der Waals surface area contributed by atoms with Gasteiger partial charge in [0.25, 0.3) is 0 Å². The van der Waals surface area contributed by atoms with Crippen molar-refractivity contribution < 1.29 is 19.3 Å². The third kappa shape index (κ3) is 6.45. The molecule has 1 aromatic heterocycles. The molecular formula is C18H27N7O4. The van der Waals surface area contributed by atoms with E-state index in [-0.39, 0.29) is 12.4 Å². The molecular weight excluding hydrogens is 378 g/mol. The minimum atomic E-state index is -0.855. The molecule has 2 rings (SSSR count). The number of guanidine groups is 1. The number of para-hydroxylation sites is 1. The van der Waals surface area contributed by atoms with Crippen LogP contribution in [0.1, 0.15) is 18.4 Å². The summed E-state index contributed by atoms with van der Waals surface area (Å²) < 4.78 is 4.77. The highest BCUT2D eigenvalue weighted by molar-refractivity contribution is 5.89. The SMILES string of the molecule is COC(=O)[C@H](CCCN=C(N)N)NC(=O)[C@H](Cc1c[nH]c2ccccc12)NON. The summed E-state index contributed by atoms with van der Waals surface area (Å²) in [4.78, 5) is 36.3. The number of rotatable bonds is 11. The normalized spacial score (nSPS) is 12.9. The Bertz CT molecular complexity index is 848. The minimum absolute atomic E-state index is 0.0354. The van der Waals surface area contributed by atoms with Gasteiger partial charge in [0.2, 0.25) is 5.91 Å². The Labute approximate surface area is 167 Å². The van der Waals surface area contributed by atoms with Crippen molar-refractivity contribution >= 4 is 28.7 Å². The molecule has 2 atom stereocenters. The molecule has 158 valence electrons. The van der Waals surface area contributed by atoms with Gasteiger partial charge in [0, 0.05) is 30.1 Å². The molecule has 0 radical (unpaired) electrons. The fourth-order valence-electron chi connectivity index (χ4n) is 2.96. The van der Waals surface area contributed by atoms with E-state index in [4.69, 9.17) is 22.1 Å². The average molecular weight is 405 g/mol. The molecule has 29 heavy (non-hydrogen) atoms. The molecule has 2 aromatic rings. The second kappa shape index (κ2) is 11.0. The molecule has 9 N–H and O–H groups in total. The topological polar surface area (TPSA) is 183 Å². The number of esters is 1. The Hall–Kier alpha value is -3.15. The van der Waals surface area contributed by atoms with Crippen LogP contribution < -0.4 is 28.2 Å². The van der Waals surface area contributed by atoms with Crippen LogP contribution in [0.2, 0.25) is 0 Å². The smallest absolute Gasteiger partial charge is 0.328 e. The molecule has 0 saturated heterocycles. The largest absolute Gasteiger partial charge is 0.467 e. The zero-order valence-electron chi connectivity index (χ0n) is 16.2. The van der Waals surface area contributed by atoms with Crippen molar-refractivity contribution in [1.82, 2.24) is 15.8 Å². The predicted octanol–water partition coefficient (Wildman–Crippen LogP) is -0.815. The summed E-state index contributed by atoms with van der Waals surface area (Å²) in [5.41, 5.74) is 14.9. The maximum atomic E-state index is 12.8. The number of methoxy groups -OCH3 is 1. The Kier molecular flexibility index (Phi) is 8.40. The van der Waals surface area contributed by atoms with E-state index in [0.29, 0.717) is 19.4 Å². The minimum Gasteiger partial charge on any atom is -0.467 e. The number of hydroxylamine groups is 1. The van der Waals surface area contributed by atoms with Gasteiger partial charge in [-0.25, -0.2) is 9.73 Å². The molecule has 11 heteroatoms. The van der Waals surface area contributed by atoms with E-state index in [2.05, 4.69) is 25.7 Å². The van der Waals surface area contributed by atoms with Crippen molar-refractivity contribution in [2.75, 3.05) is 13.7 Å². The number of hydrogen-bond acceptors (Lipinski definition) is 7. The van der Waals surface area contributed by atoms with Gasteiger partial charge in [-0.05, 0) is 24.5 Å². The number of aromatic amines is 1. The molecule has 0 saturated carbocycles. The third-order valence-corrected chi connectivity index (χ3v) is 4.37. The molecule has 0 aliphatic rings. The molecule has 1 heterocycles. The van der Waals surface area contributed by atoms with Crippen LogP contribution in [0.4, 0.5) is 0 Å². The molecule has 0 fully saturated rings. The Morgan fingerprint density at radius 3 is 2.69 bits per heavy atom. The molecule has 0 spiro atoms. The molecule has 11 nitrogen and oxygen atoms in total. The highest BCUT2D eigenvalue weighted by atomic mass is 16.8. The highest BCUT2D eigenvalue weighted by Crippen LogP contribution is 2.19. The lowest BCUT2D eigenvalue weighted by atomic mass is 10.0. The lowest BCUT2D eigenvalue weighted by Gasteiger charge is -2.21. The van der Waals surface area contributed by atoms with Crippen molar-refractivity contribution in [1.29, 1.82) is 0 Å². The number of amides is 1. The number of carbonyl (C=O) groups excluding carboxylic acids is 2. The van der Waals surface area contributed by atoms with Gasteiger partial charge in [0.1, 0.15) is 12.1 Å². The summed E-state index contributed by atoms with van der Waals surface area (Å²) in [6, 6.07) is 6.02. The number of H-pyrrole nitrogens is 1. The first-order valence-electron chi connectivity index (χ1n) is 9.06. The lowest BCUT2D eigenvalue weighted by Crippen LogP contribution is -2.51. The van der Waals surface area contributed by atoms with E-state index < -0.39 is 24.0 Å². The van der Waals surface area contributed by atoms with E-state index in [9.17, 15) is 9.59 Å². The second-order valence-electron chi connectivity index (χ2n) is 6.39. The number of nitrogens with one attached hydrogen (secondary N) is 3. The number of aliphatic imine (C=N–C) groups is 1. The molecule has 0 aliphatic carbocycles. The predicted molar refractivity (Wildman–Crippen MR) is 108 cm³/mol. The Morgan fingerprint density at radius 1 is 1.24 bits per heavy atom. The van der Waals surface area contributed by atoms with Crippen molar-refractivity contribution in [2.24, 2.45) is 22.4 Å². The average Bonchev–Trinajstić information content (AvgIpc) is 3.12. The van der Waals surface area contributed by atoms with Gasteiger partial charge < -0.3 is 26.5 Å². The van der Waals surface area contributed by atoms with Crippen molar-refractivity contribution in [3.05, 3.63) is 36.0 Å². The maximum absolute atomic E-state index is 12.8. The number of benzene rings is 1. The number of nitrogens with zero attached hydrogens (tertiary/aromatic N) is 1. The van der Waals surface area contributed by atoms with Crippen LogP contribution in [0, 0.1) is 0 Å². The Balaban J connectivity index is 2.06. The number of carbonyl (C=O) groups is 2. The zero-order valence-corrected chi connectivity index (χ0v) is 16.2. The fraction of sp³-hybridized carbons (Fsp3) is 0.389. The molecule has 1 aromatic carbocycles. The molecule has 0 aliphatic heterocycles. The highest BCUT2D eigenvalue weighted by Gasteiger charge is 2.27. The summed E-state index contributed by atoms with van der Waals surface area (Å²) in [7, 11) is 1.25. The van der Waals surface area contributed by atoms with Crippen LogP contribution in [0.3, 0.4) is 0 Å². The third-order valence-electron chi connectivity index (χ3n) is 4.37. The van der Waals surface area contributed by atoms with Crippen molar-refractivity contribution in [3.8, 4) is 0 Å². The summed E-state index contributed by atoms with van der Waals surface area (Å²) in [5, 5.41) is 3.65. The van der Waals surface area contributed by atoms with E-state index in [1.807, 2.05) is 30.5 Å². The number of ether oxygens (including phenoxy) is 1. The second-order valence-corrected chi connectivity index (χ2v) is 6.39. The van der Waals surface area contributed by atoms with Crippen LogP contribution in [0.15, 0.2) is 35.5 Å². The summed E-state index contributed by atoms with van der Waals surface area (Å²) in [5.74, 6) is 4.06. The van der Waals surface area contributed by atoms with Crippen LogP contribution in [0.25, 0.3) is 10.9 Å². The van der Waals surface area contributed by atoms with E-state index in [1.54, 1.807) is 0 Å². The summed E-state index contributed by atoms with van der Waals surface area (Å²) in [6.45, 7) is 0.328. The van der Waals surface area contributed by atoms with Gasteiger partial charge in [0.05, 0.1) is 7.11 Å². The molecule has 1 amide bonds. The van der Waals surface area contributed by atoms with Crippen molar-refractivity contribution in [2.45, 2.75) is 31.3 Å². The molecule has 0 bridgehead atoms. The van der Waals surface area contributed by atoms with Crippen LogP contribution in [0.5, 0.6) is 0 Å². The van der Waals surface area contributed by atoms with Gasteiger partial charge in [-0.2, -0.15) is 11.4 Å². The van der Waals surface area contributed by atoms with E-state index in [0.717, 1.165) is 16.5 Å². The van der Waals surface area contributed by atoms with Gasteiger partial charge in [0.15, 0.2) is 5.96 Å². The first-order chi connectivity index (χ1) is 14.0. The van der Waals surface area contributed by atoms with Crippen LogP contribution in [-0.2, 0) is 25.7 Å². The van der Waals surface area contributed by atoms with Crippen molar-refractivity contribution in [3.63, 3.8) is 0 Å². The zero-order chi connectivity index (χ0) is 21.2. The van der Waals surface area contributed by atoms with Gasteiger partial charge >= 0.3 is 5.97 Å². The monoisotopic (exact) mass is 405 g/mol. The van der Waals surface area contributed by atoms with E-state index >= 15 is 0 Å². The maximum Gasteiger partial charge on any atom is 0.328 e. The van der Waals surface area contributed by atoms with E-state index in [1.165, 1.54) is 7.11 Å². The number of aromatic nitrogens is 1. The first-order valence-corrected chi connectivity index (χ1v) is 9.06. The van der Waals surface area contributed by atoms with Crippen LogP contribution in [-0.4, -0.2) is 48.6 Å². The quantitative estimate of drug-likeness (QED) is 0.0921. The lowest BCUT2D eigenvalue weighted by molar-refractivity contribution is -0.146. The summed E-state index contributed by atoms with van der Waals surface area (Å²) >= 11 is 0. The first kappa shape index (κ1) is 22.1. The van der Waals surface area contributed by atoms with Gasteiger partial charge in [-0.3, -0.25) is 9.79 Å². The standard InChI is InChI=1S/C18H27N7O4/c1-28-17(27)14(7-4-8-22-18(19)20)24-16(26)15(25-29-21)9-11-10-23-13-6-3-2-5-12(11)13/h2-3,5-6,10,14-15,23,25H,4,7-9,21H2,1H3,(H,24,26)(H4,19,20,22)/t14-,15-/m0/s1.